The Morgan fingerprint density at radius 3 is 2.71 bits per heavy atom. The number of halogens is 3. The van der Waals surface area contributed by atoms with Gasteiger partial charge in [-0.15, -0.1) is 11.3 Å². The SMILES string of the molecule is Cc1ccc(-c2cc(C(=O)NCC(F)(F)F)c3c(C)noc3n2)s1. The van der Waals surface area contributed by atoms with Crippen LogP contribution in [0.1, 0.15) is 20.9 Å². The molecule has 0 spiro atoms. The number of hydrogen-bond donors (Lipinski definition) is 1. The lowest BCUT2D eigenvalue weighted by atomic mass is 10.1. The van der Waals surface area contributed by atoms with Crippen molar-refractivity contribution in [3.63, 3.8) is 0 Å². The van der Waals surface area contributed by atoms with Crippen molar-refractivity contribution < 1.29 is 22.5 Å². The van der Waals surface area contributed by atoms with Crippen molar-refractivity contribution in [3.05, 3.63) is 34.3 Å². The van der Waals surface area contributed by atoms with Crippen LogP contribution in [0.3, 0.4) is 0 Å². The minimum Gasteiger partial charge on any atom is -0.343 e. The van der Waals surface area contributed by atoms with Crippen LogP contribution < -0.4 is 5.32 Å². The molecule has 3 aromatic heterocycles. The van der Waals surface area contributed by atoms with Gasteiger partial charge in [0.2, 0.25) is 0 Å². The van der Waals surface area contributed by atoms with Gasteiger partial charge < -0.3 is 9.84 Å². The van der Waals surface area contributed by atoms with E-state index >= 15 is 0 Å². The van der Waals surface area contributed by atoms with Crippen LogP contribution >= 0.6 is 11.3 Å². The van der Waals surface area contributed by atoms with E-state index in [1.165, 1.54) is 17.4 Å². The maximum absolute atomic E-state index is 12.4. The molecule has 1 amide bonds. The van der Waals surface area contributed by atoms with E-state index in [1.54, 1.807) is 6.92 Å². The number of rotatable bonds is 3. The lowest BCUT2D eigenvalue weighted by Gasteiger charge is -2.09. The molecule has 0 saturated carbocycles. The zero-order chi connectivity index (χ0) is 17.5. The van der Waals surface area contributed by atoms with Gasteiger partial charge in [-0.2, -0.15) is 13.2 Å². The Morgan fingerprint density at radius 1 is 1.33 bits per heavy atom. The minimum absolute atomic E-state index is 0.0593. The zero-order valence-corrected chi connectivity index (χ0v) is 13.5. The van der Waals surface area contributed by atoms with E-state index in [1.807, 2.05) is 24.4 Å². The molecule has 0 aromatic carbocycles. The fourth-order valence-corrected chi connectivity index (χ4v) is 3.08. The molecule has 0 radical (unpaired) electrons. The van der Waals surface area contributed by atoms with Crippen molar-refractivity contribution in [3.8, 4) is 10.6 Å². The summed E-state index contributed by atoms with van der Waals surface area (Å²) in [6.45, 7) is 2.11. The third-order valence-corrected chi connectivity index (χ3v) is 4.33. The molecule has 1 N–H and O–H groups in total. The van der Waals surface area contributed by atoms with Gasteiger partial charge >= 0.3 is 6.18 Å². The van der Waals surface area contributed by atoms with Crippen molar-refractivity contribution in [2.24, 2.45) is 0 Å². The molecule has 5 nitrogen and oxygen atoms in total. The molecule has 0 saturated heterocycles. The average Bonchev–Trinajstić information content (AvgIpc) is 3.10. The number of hydrogen-bond acceptors (Lipinski definition) is 5. The monoisotopic (exact) mass is 355 g/mol. The van der Waals surface area contributed by atoms with Crippen molar-refractivity contribution in [2.45, 2.75) is 20.0 Å². The Bertz CT molecular complexity index is 914. The Kier molecular flexibility index (Phi) is 4.04. The van der Waals surface area contributed by atoms with E-state index in [0.29, 0.717) is 16.8 Å². The van der Waals surface area contributed by atoms with Gasteiger partial charge in [0, 0.05) is 4.88 Å². The fraction of sp³-hybridized carbons (Fsp3) is 0.267. The van der Waals surface area contributed by atoms with Crippen LogP contribution in [0.25, 0.3) is 21.7 Å². The molecular formula is C15H12F3N3O2S. The van der Waals surface area contributed by atoms with Gasteiger partial charge in [-0.25, -0.2) is 4.98 Å². The number of thiophene rings is 1. The van der Waals surface area contributed by atoms with E-state index in [-0.39, 0.29) is 11.3 Å². The summed E-state index contributed by atoms with van der Waals surface area (Å²) >= 11 is 1.46. The van der Waals surface area contributed by atoms with Gasteiger partial charge in [-0.3, -0.25) is 4.79 Å². The average molecular weight is 355 g/mol. The third kappa shape index (κ3) is 3.25. The molecule has 24 heavy (non-hydrogen) atoms. The molecule has 3 aromatic rings. The summed E-state index contributed by atoms with van der Waals surface area (Å²) < 4.78 is 42.2. The predicted octanol–water partition coefficient (Wildman–Crippen LogP) is 3.86. The highest BCUT2D eigenvalue weighted by Crippen LogP contribution is 2.31. The van der Waals surface area contributed by atoms with Gasteiger partial charge in [0.05, 0.1) is 27.2 Å². The van der Waals surface area contributed by atoms with E-state index < -0.39 is 18.6 Å². The van der Waals surface area contributed by atoms with Crippen LogP contribution in [-0.4, -0.2) is 28.8 Å². The Labute approximate surface area is 138 Å². The highest BCUT2D eigenvalue weighted by Gasteiger charge is 2.29. The summed E-state index contributed by atoms with van der Waals surface area (Å²) in [7, 11) is 0. The van der Waals surface area contributed by atoms with Crippen LogP contribution in [-0.2, 0) is 0 Å². The van der Waals surface area contributed by atoms with E-state index in [0.717, 1.165) is 9.75 Å². The lowest BCUT2D eigenvalue weighted by molar-refractivity contribution is -0.123. The first-order chi connectivity index (χ1) is 11.2. The first kappa shape index (κ1) is 16.4. The number of alkyl halides is 3. The molecule has 0 aliphatic carbocycles. The van der Waals surface area contributed by atoms with Crippen molar-refractivity contribution in [1.29, 1.82) is 0 Å². The van der Waals surface area contributed by atoms with Gasteiger partial charge in [-0.1, -0.05) is 5.16 Å². The fourth-order valence-electron chi connectivity index (χ4n) is 2.25. The summed E-state index contributed by atoms with van der Waals surface area (Å²) in [5.41, 5.74) is 1.02. The van der Waals surface area contributed by atoms with Gasteiger partial charge in [0.25, 0.3) is 11.6 Å². The van der Waals surface area contributed by atoms with E-state index in [9.17, 15) is 18.0 Å². The number of aromatic nitrogens is 2. The molecule has 126 valence electrons. The molecule has 0 aliphatic rings. The third-order valence-electron chi connectivity index (χ3n) is 3.30. The molecular weight excluding hydrogens is 343 g/mol. The molecule has 0 unspecified atom stereocenters. The van der Waals surface area contributed by atoms with E-state index in [4.69, 9.17) is 4.52 Å². The maximum atomic E-state index is 12.4. The number of pyridine rings is 1. The van der Waals surface area contributed by atoms with E-state index in [2.05, 4.69) is 10.1 Å². The standard InChI is InChI=1S/C15H12F3N3O2S/c1-7-3-4-11(24-7)10-5-9(13(22)19-6-15(16,17)18)12-8(2)21-23-14(12)20-10/h3-5H,6H2,1-2H3,(H,19,22). The number of nitrogens with one attached hydrogen (secondary N) is 1. The summed E-state index contributed by atoms with van der Waals surface area (Å²) in [6, 6.07) is 5.18. The van der Waals surface area contributed by atoms with Crippen molar-refractivity contribution >= 4 is 28.3 Å². The largest absolute Gasteiger partial charge is 0.405 e. The second kappa shape index (κ2) is 5.90. The first-order valence-corrected chi connectivity index (χ1v) is 7.75. The Morgan fingerprint density at radius 2 is 2.08 bits per heavy atom. The van der Waals surface area contributed by atoms with Crippen molar-refractivity contribution in [2.75, 3.05) is 6.54 Å². The molecule has 3 heterocycles. The second-order valence-corrected chi connectivity index (χ2v) is 6.50. The van der Waals surface area contributed by atoms with Crippen LogP contribution in [0.5, 0.6) is 0 Å². The molecule has 0 bridgehead atoms. The highest BCUT2D eigenvalue weighted by atomic mass is 32.1. The zero-order valence-electron chi connectivity index (χ0n) is 12.7. The van der Waals surface area contributed by atoms with Crippen LogP contribution in [0.15, 0.2) is 22.7 Å². The summed E-state index contributed by atoms with van der Waals surface area (Å²) in [5.74, 6) is -0.847. The van der Waals surface area contributed by atoms with Crippen LogP contribution in [0, 0.1) is 13.8 Å². The smallest absolute Gasteiger partial charge is 0.343 e. The predicted molar refractivity (Wildman–Crippen MR) is 83.0 cm³/mol. The molecule has 0 aliphatic heterocycles. The first-order valence-electron chi connectivity index (χ1n) is 6.93. The molecule has 0 fully saturated rings. The number of aryl methyl sites for hydroxylation is 2. The molecule has 0 atom stereocenters. The van der Waals surface area contributed by atoms with Crippen LogP contribution in [0.2, 0.25) is 0 Å². The Balaban J connectivity index is 2.07. The molecule has 9 heteroatoms. The van der Waals surface area contributed by atoms with Gasteiger partial charge in [-0.05, 0) is 32.0 Å². The van der Waals surface area contributed by atoms with Crippen LogP contribution in [0.4, 0.5) is 13.2 Å². The lowest BCUT2D eigenvalue weighted by Crippen LogP contribution is -2.33. The van der Waals surface area contributed by atoms with Gasteiger partial charge in [0.15, 0.2) is 0 Å². The number of carbonyl (C=O) groups is 1. The highest BCUT2D eigenvalue weighted by molar-refractivity contribution is 7.15. The molecule has 3 rings (SSSR count). The second-order valence-electron chi connectivity index (χ2n) is 5.21. The van der Waals surface area contributed by atoms with Crippen molar-refractivity contribution in [1.82, 2.24) is 15.5 Å². The number of nitrogens with zero attached hydrogens (tertiary/aromatic N) is 2. The topological polar surface area (TPSA) is 68.0 Å². The quantitative estimate of drug-likeness (QED) is 0.775. The Hall–Kier alpha value is -2.42. The summed E-state index contributed by atoms with van der Waals surface area (Å²) in [4.78, 5) is 18.4. The summed E-state index contributed by atoms with van der Waals surface area (Å²) in [6.07, 6.45) is -4.49. The number of amides is 1. The minimum atomic E-state index is -4.49. The maximum Gasteiger partial charge on any atom is 0.405 e. The summed E-state index contributed by atoms with van der Waals surface area (Å²) in [5, 5.41) is 5.94. The van der Waals surface area contributed by atoms with Gasteiger partial charge in [0.1, 0.15) is 6.54 Å². The number of fused-ring (bicyclic) bond motifs is 1. The number of carbonyl (C=O) groups excluding carboxylic acids is 1. The normalized spacial score (nSPS) is 11.9.